The van der Waals surface area contributed by atoms with Crippen molar-refractivity contribution in [3.05, 3.63) is 60.7 Å². The molecule has 4 aromatic carbocycles. The van der Waals surface area contributed by atoms with Crippen molar-refractivity contribution in [1.29, 1.82) is 0 Å². The quantitative estimate of drug-likeness (QED) is 0.411. The van der Waals surface area contributed by atoms with E-state index >= 15 is 0 Å². The highest BCUT2D eigenvalue weighted by molar-refractivity contribution is 6.22. The van der Waals surface area contributed by atoms with Crippen LogP contribution in [0.15, 0.2) is 60.7 Å². The van der Waals surface area contributed by atoms with Crippen molar-refractivity contribution >= 4 is 39.1 Å². The van der Waals surface area contributed by atoms with Crippen LogP contribution in [-0.2, 0) is 4.79 Å². The van der Waals surface area contributed by atoms with Gasteiger partial charge >= 0.3 is 0 Å². The largest absolute Gasteiger partial charge is 0.307 e. The Hall–Kier alpha value is -2.41. The molecule has 4 aromatic rings. The van der Waals surface area contributed by atoms with Gasteiger partial charge in [0.15, 0.2) is 0 Å². The number of carbonyl (C=O) groups excluding carboxylic acids is 1. The van der Waals surface area contributed by atoms with Gasteiger partial charge in [-0.05, 0) is 32.3 Å². The highest BCUT2D eigenvalue weighted by Gasteiger charge is 2.05. The van der Waals surface area contributed by atoms with Crippen molar-refractivity contribution in [1.82, 2.24) is 0 Å². The van der Waals surface area contributed by atoms with E-state index < -0.39 is 0 Å². The molecule has 0 fully saturated rings. The van der Waals surface area contributed by atoms with Gasteiger partial charge in [0.05, 0.1) is 0 Å². The van der Waals surface area contributed by atoms with Crippen LogP contribution in [0.4, 0.5) is 0 Å². The highest BCUT2D eigenvalue weighted by Crippen LogP contribution is 2.33. The number of rotatable bonds is 0. The summed E-state index contributed by atoms with van der Waals surface area (Å²) in [6.07, 6.45) is 0. The maximum Gasteiger partial charge on any atom is 0.106 e. The number of carbonyl (C=O) groups is 1. The molecule has 1 heteroatoms. The molecule has 0 unspecified atom stereocenters. The van der Waals surface area contributed by atoms with Crippen molar-refractivity contribution in [3.63, 3.8) is 0 Å². The van der Waals surface area contributed by atoms with E-state index in [1.807, 2.05) is 6.79 Å². The Bertz CT molecular complexity index is 687. The molecule has 0 N–H and O–H groups in total. The second-order valence-corrected chi connectivity index (χ2v) is 4.29. The minimum Gasteiger partial charge on any atom is -0.307 e. The van der Waals surface area contributed by atoms with Gasteiger partial charge in [0.2, 0.25) is 0 Å². The molecule has 0 spiro atoms. The van der Waals surface area contributed by atoms with Gasteiger partial charge in [-0.1, -0.05) is 60.7 Å². The highest BCUT2D eigenvalue weighted by atomic mass is 16.1. The summed E-state index contributed by atoms with van der Waals surface area (Å²) >= 11 is 0. The molecule has 0 heterocycles. The maximum atomic E-state index is 8.00. The second kappa shape index (κ2) is 4.11. The lowest BCUT2D eigenvalue weighted by atomic mass is 9.95. The lowest BCUT2D eigenvalue weighted by molar-refractivity contribution is -0.0979. The summed E-state index contributed by atoms with van der Waals surface area (Å²) in [4.78, 5) is 8.00. The molecule has 0 aromatic heterocycles. The monoisotopic (exact) mass is 232 g/mol. The summed E-state index contributed by atoms with van der Waals surface area (Å²) in [5, 5.41) is 8.14. The molecule has 0 saturated carbocycles. The first kappa shape index (κ1) is 10.7. The minimum atomic E-state index is 1.34. The Kier molecular flexibility index (Phi) is 2.45. The predicted octanol–water partition coefficient (Wildman–Crippen LogP) is 4.40. The maximum absolute atomic E-state index is 8.00. The molecule has 4 rings (SSSR count). The fourth-order valence-corrected chi connectivity index (χ4v) is 2.67. The van der Waals surface area contributed by atoms with E-state index in [1.54, 1.807) is 0 Å². The normalized spacial score (nSPS) is 10.7. The second-order valence-electron chi connectivity index (χ2n) is 4.29. The van der Waals surface area contributed by atoms with Crippen molar-refractivity contribution < 1.29 is 4.79 Å². The molecular formula is C17H12O. The van der Waals surface area contributed by atoms with Crippen LogP contribution in [0.2, 0.25) is 0 Å². The van der Waals surface area contributed by atoms with Crippen LogP contribution >= 0.6 is 0 Å². The fourth-order valence-electron chi connectivity index (χ4n) is 2.67. The molecule has 86 valence electrons. The van der Waals surface area contributed by atoms with E-state index in [-0.39, 0.29) is 0 Å². The van der Waals surface area contributed by atoms with Crippen LogP contribution in [0.5, 0.6) is 0 Å². The average Bonchev–Trinajstić information content (AvgIpc) is 2.47. The third-order valence-electron chi connectivity index (χ3n) is 3.39. The predicted molar refractivity (Wildman–Crippen MR) is 77.3 cm³/mol. The molecular weight excluding hydrogens is 220 g/mol. The molecule has 0 saturated heterocycles. The van der Waals surface area contributed by atoms with Crippen LogP contribution in [0, 0.1) is 0 Å². The van der Waals surface area contributed by atoms with E-state index in [4.69, 9.17) is 4.79 Å². The molecule has 0 amide bonds. The van der Waals surface area contributed by atoms with Gasteiger partial charge < -0.3 is 4.79 Å². The summed E-state index contributed by atoms with van der Waals surface area (Å²) in [6.45, 7) is 2.00. The van der Waals surface area contributed by atoms with Crippen molar-refractivity contribution in [2.24, 2.45) is 0 Å². The van der Waals surface area contributed by atoms with Gasteiger partial charge in [-0.2, -0.15) is 0 Å². The number of hydrogen-bond donors (Lipinski definition) is 0. The Labute approximate surface area is 105 Å². The molecule has 0 bridgehead atoms. The zero-order chi connectivity index (χ0) is 12.5. The third kappa shape index (κ3) is 1.37. The van der Waals surface area contributed by atoms with Crippen LogP contribution in [0.1, 0.15) is 0 Å². The van der Waals surface area contributed by atoms with Crippen LogP contribution in [0.3, 0.4) is 0 Å². The zero-order valence-electron chi connectivity index (χ0n) is 9.89. The first-order chi connectivity index (χ1) is 8.93. The van der Waals surface area contributed by atoms with E-state index in [1.165, 1.54) is 32.3 Å². The minimum absolute atomic E-state index is 1.34. The Morgan fingerprint density at radius 2 is 0.778 bits per heavy atom. The van der Waals surface area contributed by atoms with Crippen molar-refractivity contribution in [2.75, 3.05) is 0 Å². The summed E-state index contributed by atoms with van der Waals surface area (Å²) in [5.74, 6) is 0. The molecule has 1 nitrogen and oxygen atoms in total. The van der Waals surface area contributed by atoms with E-state index in [0.717, 1.165) is 0 Å². The SMILES string of the molecule is C=O.c1cc2ccc3cccc4ccc(c1)c2c34. The van der Waals surface area contributed by atoms with Gasteiger partial charge in [0.25, 0.3) is 0 Å². The molecule has 18 heavy (non-hydrogen) atoms. The molecule has 0 aliphatic heterocycles. The summed E-state index contributed by atoms with van der Waals surface area (Å²) in [6, 6.07) is 21.9. The number of hydrogen-bond acceptors (Lipinski definition) is 1. The van der Waals surface area contributed by atoms with Crippen LogP contribution in [0.25, 0.3) is 32.3 Å². The van der Waals surface area contributed by atoms with Gasteiger partial charge in [0.1, 0.15) is 6.79 Å². The van der Waals surface area contributed by atoms with Crippen LogP contribution in [-0.4, -0.2) is 6.79 Å². The molecule has 0 aliphatic carbocycles. The van der Waals surface area contributed by atoms with Crippen molar-refractivity contribution in [3.8, 4) is 0 Å². The summed E-state index contributed by atoms with van der Waals surface area (Å²) in [5.41, 5.74) is 0. The van der Waals surface area contributed by atoms with Gasteiger partial charge in [-0.15, -0.1) is 0 Å². The zero-order valence-corrected chi connectivity index (χ0v) is 9.89. The van der Waals surface area contributed by atoms with E-state index in [9.17, 15) is 0 Å². The fraction of sp³-hybridized carbons (Fsp3) is 0. The smallest absolute Gasteiger partial charge is 0.106 e. The Morgan fingerprint density at radius 1 is 0.500 bits per heavy atom. The number of benzene rings is 4. The lowest BCUT2D eigenvalue weighted by Crippen LogP contribution is -1.82. The van der Waals surface area contributed by atoms with Gasteiger partial charge in [0, 0.05) is 0 Å². The topological polar surface area (TPSA) is 17.1 Å². The first-order valence-corrected chi connectivity index (χ1v) is 5.85. The molecule has 0 atom stereocenters. The Morgan fingerprint density at radius 3 is 1.06 bits per heavy atom. The summed E-state index contributed by atoms with van der Waals surface area (Å²) < 4.78 is 0. The standard InChI is InChI=1S/C16H10.CH2O/c1-3-11-7-9-13-5-2-6-14-10-8-12(4-1)15(11)16(13)14;1-2/h1-10H;1H2. The van der Waals surface area contributed by atoms with E-state index in [2.05, 4.69) is 60.7 Å². The Balaban J connectivity index is 0.000000478. The van der Waals surface area contributed by atoms with Crippen LogP contribution < -0.4 is 0 Å². The third-order valence-corrected chi connectivity index (χ3v) is 3.39. The first-order valence-electron chi connectivity index (χ1n) is 5.85. The van der Waals surface area contributed by atoms with Gasteiger partial charge in [-0.3, -0.25) is 0 Å². The molecule has 0 radical (unpaired) electrons. The van der Waals surface area contributed by atoms with Crippen molar-refractivity contribution in [2.45, 2.75) is 0 Å². The summed E-state index contributed by atoms with van der Waals surface area (Å²) in [7, 11) is 0. The lowest BCUT2D eigenvalue weighted by Gasteiger charge is -2.09. The van der Waals surface area contributed by atoms with Gasteiger partial charge in [-0.25, -0.2) is 0 Å². The average molecular weight is 232 g/mol. The molecule has 0 aliphatic rings. The van der Waals surface area contributed by atoms with E-state index in [0.29, 0.717) is 0 Å².